The number of nitrogens with two attached hydrogens (primary N) is 1. The van der Waals surface area contributed by atoms with Gasteiger partial charge in [-0.2, -0.15) is 4.31 Å². The van der Waals surface area contributed by atoms with E-state index in [4.69, 9.17) is 10.5 Å². The normalized spacial score (nSPS) is 12.3. The van der Waals surface area contributed by atoms with Gasteiger partial charge < -0.3 is 10.5 Å². The van der Waals surface area contributed by atoms with Gasteiger partial charge in [0.15, 0.2) is 0 Å². The summed E-state index contributed by atoms with van der Waals surface area (Å²) in [6.07, 6.45) is 0.0354. The van der Waals surface area contributed by atoms with Crippen molar-refractivity contribution in [3.8, 4) is 0 Å². The SMILES string of the molecule is CCN(Cc1ccccc1CN)S(=O)(=O)CCOC(C)C. The van der Waals surface area contributed by atoms with Crippen molar-refractivity contribution in [2.75, 3.05) is 18.9 Å². The number of ether oxygens (including phenoxy) is 1. The van der Waals surface area contributed by atoms with Crippen LogP contribution in [0.25, 0.3) is 0 Å². The zero-order valence-corrected chi connectivity index (χ0v) is 13.9. The molecule has 0 amide bonds. The van der Waals surface area contributed by atoms with E-state index in [1.54, 1.807) is 0 Å². The van der Waals surface area contributed by atoms with Gasteiger partial charge in [-0.25, -0.2) is 8.42 Å². The van der Waals surface area contributed by atoms with Crippen LogP contribution in [0, 0.1) is 0 Å². The second-order valence-corrected chi connectivity index (χ2v) is 7.22. The molecule has 0 unspecified atom stereocenters. The van der Waals surface area contributed by atoms with Crippen LogP contribution >= 0.6 is 0 Å². The molecule has 0 aliphatic carbocycles. The van der Waals surface area contributed by atoms with E-state index in [-0.39, 0.29) is 18.5 Å². The molecule has 120 valence electrons. The number of nitrogens with zero attached hydrogens (tertiary/aromatic N) is 1. The predicted octanol–water partition coefficient (Wildman–Crippen LogP) is 1.72. The van der Waals surface area contributed by atoms with Crippen LogP contribution in [0.1, 0.15) is 31.9 Å². The van der Waals surface area contributed by atoms with E-state index in [1.807, 2.05) is 45.0 Å². The largest absolute Gasteiger partial charge is 0.378 e. The number of benzene rings is 1. The minimum absolute atomic E-state index is 0.00378. The minimum atomic E-state index is -3.32. The molecule has 1 aromatic rings. The molecule has 0 radical (unpaired) electrons. The molecule has 0 fully saturated rings. The van der Waals surface area contributed by atoms with Crippen molar-refractivity contribution in [3.63, 3.8) is 0 Å². The lowest BCUT2D eigenvalue weighted by Gasteiger charge is -2.22. The van der Waals surface area contributed by atoms with E-state index < -0.39 is 10.0 Å². The Morgan fingerprint density at radius 3 is 2.38 bits per heavy atom. The summed E-state index contributed by atoms with van der Waals surface area (Å²) in [5.41, 5.74) is 7.63. The molecule has 2 N–H and O–H groups in total. The van der Waals surface area contributed by atoms with Gasteiger partial charge in [-0.15, -0.1) is 0 Å². The zero-order valence-electron chi connectivity index (χ0n) is 13.1. The standard InChI is InChI=1S/C15H26N2O3S/c1-4-17(21(18,19)10-9-20-13(2)3)12-15-8-6-5-7-14(15)11-16/h5-8,13H,4,9-12,16H2,1-3H3. The van der Waals surface area contributed by atoms with E-state index in [1.165, 1.54) is 4.31 Å². The van der Waals surface area contributed by atoms with E-state index in [0.717, 1.165) is 11.1 Å². The molecule has 0 aromatic heterocycles. The highest BCUT2D eigenvalue weighted by molar-refractivity contribution is 7.89. The van der Waals surface area contributed by atoms with Crippen molar-refractivity contribution in [2.45, 2.75) is 40.0 Å². The molecule has 21 heavy (non-hydrogen) atoms. The first-order chi connectivity index (χ1) is 9.90. The first kappa shape index (κ1) is 18.1. The Labute approximate surface area is 128 Å². The number of hydrogen-bond donors (Lipinski definition) is 1. The van der Waals surface area contributed by atoms with Crippen molar-refractivity contribution >= 4 is 10.0 Å². The molecule has 0 aliphatic heterocycles. The Morgan fingerprint density at radius 1 is 1.24 bits per heavy atom. The summed E-state index contributed by atoms with van der Waals surface area (Å²) < 4.78 is 31.5. The maximum absolute atomic E-state index is 12.4. The Bertz CT molecular complexity index is 529. The van der Waals surface area contributed by atoms with Gasteiger partial charge in [0, 0.05) is 19.6 Å². The highest BCUT2D eigenvalue weighted by atomic mass is 32.2. The van der Waals surface area contributed by atoms with Gasteiger partial charge in [0.25, 0.3) is 0 Å². The van der Waals surface area contributed by atoms with Crippen LogP contribution in [0.3, 0.4) is 0 Å². The first-order valence-corrected chi connectivity index (χ1v) is 8.88. The minimum Gasteiger partial charge on any atom is -0.378 e. The zero-order chi connectivity index (χ0) is 15.9. The second-order valence-electron chi connectivity index (χ2n) is 5.13. The van der Waals surface area contributed by atoms with E-state index in [2.05, 4.69) is 0 Å². The first-order valence-electron chi connectivity index (χ1n) is 7.27. The van der Waals surface area contributed by atoms with Crippen molar-refractivity contribution in [3.05, 3.63) is 35.4 Å². The molecule has 0 spiro atoms. The van der Waals surface area contributed by atoms with Crippen LogP contribution in [-0.4, -0.2) is 37.7 Å². The summed E-state index contributed by atoms with van der Waals surface area (Å²) in [5.74, 6) is 0.00378. The van der Waals surface area contributed by atoms with Crippen molar-refractivity contribution in [2.24, 2.45) is 5.73 Å². The molecule has 0 heterocycles. The van der Waals surface area contributed by atoms with Gasteiger partial charge in [0.2, 0.25) is 10.0 Å². The summed E-state index contributed by atoms with van der Waals surface area (Å²) >= 11 is 0. The topological polar surface area (TPSA) is 72.6 Å². The fraction of sp³-hybridized carbons (Fsp3) is 0.600. The molecular formula is C15H26N2O3S. The summed E-state index contributed by atoms with van der Waals surface area (Å²) in [5, 5.41) is 0. The van der Waals surface area contributed by atoms with Gasteiger partial charge in [-0.1, -0.05) is 31.2 Å². The van der Waals surface area contributed by atoms with E-state index in [0.29, 0.717) is 19.6 Å². The maximum atomic E-state index is 12.4. The maximum Gasteiger partial charge on any atom is 0.216 e. The summed E-state index contributed by atoms with van der Waals surface area (Å²) in [6.45, 7) is 7.03. The van der Waals surface area contributed by atoms with Crippen LogP contribution in [0.15, 0.2) is 24.3 Å². The Balaban J connectivity index is 2.77. The van der Waals surface area contributed by atoms with E-state index >= 15 is 0 Å². The summed E-state index contributed by atoms with van der Waals surface area (Å²) in [4.78, 5) is 0. The van der Waals surface area contributed by atoms with Crippen LogP contribution in [0.2, 0.25) is 0 Å². The van der Waals surface area contributed by atoms with Crippen LogP contribution < -0.4 is 5.73 Å². The lowest BCUT2D eigenvalue weighted by atomic mass is 10.1. The molecule has 0 atom stereocenters. The van der Waals surface area contributed by atoms with Crippen LogP contribution in [0.5, 0.6) is 0 Å². The van der Waals surface area contributed by atoms with Crippen LogP contribution in [-0.2, 0) is 27.8 Å². The fourth-order valence-electron chi connectivity index (χ4n) is 2.03. The summed E-state index contributed by atoms with van der Waals surface area (Å²) in [7, 11) is -3.32. The molecule has 0 saturated carbocycles. The third-order valence-electron chi connectivity index (χ3n) is 3.22. The quantitative estimate of drug-likeness (QED) is 0.753. The van der Waals surface area contributed by atoms with Crippen LogP contribution in [0.4, 0.5) is 0 Å². The highest BCUT2D eigenvalue weighted by Crippen LogP contribution is 2.14. The van der Waals surface area contributed by atoms with Gasteiger partial charge >= 0.3 is 0 Å². The van der Waals surface area contributed by atoms with E-state index in [9.17, 15) is 8.42 Å². The fourth-order valence-corrected chi connectivity index (χ4v) is 3.32. The third-order valence-corrected chi connectivity index (χ3v) is 5.08. The van der Waals surface area contributed by atoms with Crippen molar-refractivity contribution < 1.29 is 13.2 Å². The van der Waals surface area contributed by atoms with Crippen molar-refractivity contribution in [1.29, 1.82) is 0 Å². The molecule has 1 aromatic carbocycles. The highest BCUT2D eigenvalue weighted by Gasteiger charge is 2.21. The van der Waals surface area contributed by atoms with Crippen molar-refractivity contribution in [1.82, 2.24) is 4.31 Å². The molecule has 6 heteroatoms. The van der Waals surface area contributed by atoms with Gasteiger partial charge in [0.05, 0.1) is 18.5 Å². The lowest BCUT2D eigenvalue weighted by molar-refractivity contribution is 0.0906. The smallest absolute Gasteiger partial charge is 0.216 e. The number of hydrogen-bond acceptors (Lipinski definition) is 4. The average Bonchev–Trinajstić information content (AvgIpc) is 2.44. The van der Waals surface area contributed by atoms with Gasteiger partial charge in [0.1, 0.15) is 0 Å². The summed E-state index contributed by atoms with van der Waals surface area (Å²) in [6, 6.07) is 7.66. The number of sulfonamides is 1. The van der Waals surface area contributed by atoms with Gasteiger partial charge in [-0.05, 0) is 25.0 Å². The second kappa shape index (κ2) is 8.48. The Kier molecular flexibility index (Phi) is 7.31. The van der Waals surface area contributed by atoms with Gasteiger partial charge in [-0.3, -0.25) is 0 Å². The monoisotopic (exact) mass is 314 g/mol. The number of rotatable bonds is 9. The molecule has 5 nitrogen and oxygen atoms in total. The molecular weight excluding hydrogens is 288 g/mol. The lowest BCUT2D eigenvalue weighted by Crippen LogP contribution is -2.34. The Hall–Kier alpha value is -0.950. The Morgan fingerprint density at radius 2 is 1.86 bits per heavy atom. The molecule has 0 saturated heterocycles. The molecule has 0 aliphatic rings. The average molecular weight is 314 g/mol. The predicted molar refractivity (Wildman–Crippen MR) is 85.3 cm³/mol. The molecule has 0 bridgehead atoms. The third kappa shape index (κ3) is 5.74. The molecule has 1 rings (SSSR count).